The highest BCUT2D eigenvalue weighted by Gasteiger charge is 2.57. The van der Waals surface area contributed by atoms with Crippen molar-refractivity contribution >= 4 is 6.21 Å². The van der Waals surface area contributed by atoms with Crippen LogP contribution in [0.3, 0.4) is 0 Å². The van der Waals surface area contributed by atoms with Gasteiger partial charge in [0.1, 0.15) is 0 Å². The molecule has 0 fully saturated rings. The van der Waals surface area contributed by atoms with E-state index in [1.165, 1.54) is 0 Å². The smallest absolute Gasteiger partial charge is 0.340 e. The maximum atomic E-state index is 12.4. The van der Waals surface area contributed by atoms with E-state index >= 15 is 0 Å². The van der Waals surface area contributed by atoms with Gasteiger partial charge in [0, 0.05) is 19.1 Å². The lowest BCUT2D eigenvalue weighted by atomic mass is 10.1. The molecule has 1 aliphatic rings. The number of nitriles is 1. The fourth-order valence-electron chi connectivity index (χ4n) is 1.06. The highest BCUT2D eigenvalue weighted by atomic mass is 19.4. The van der Waals surface area contributed by atoms with Gasteiger partial charge in [0.15, 0.2) is 0 Å². The Balaban J connectivity index is 2.77. The molecule has 0 aromatic rings. The molecule has 0 amide bonds. The minimum absolute atomic E-state index is 0.148. The van der Waals surface area contributed by atoms with E-state index < -0.39 is 18.3 Å². The van der Waals surface area contributed by atoms with Crippen LogP contribution in [0.4, 0.5) is 13.2 Å². The van der Waals surface area contributed by atoms with Crippen LogP contribution in [0.5, 0.6) is 0 Å². The van der Waals surface area contributed by atoms with Gasteiger partial charge in [-0.15, -0.1) is 0 Å². The first kappa shape index (κ1) is 9.99. The van der Waals surface area contributed by atoms with Crippen molar-refractivity contribution in [1.82, 2.24) is 0 Å². The highest BCUT2D eigenvalue weighted by Crippen LogP contribution is 2.39. The van der Waals surface area contributed by atoms with E-state index in [0.717, 1.165) is 6.21 Å². The lowest BCUT2D eigenvalue weighted by molar-refractivity contribution is -0.266. The summed E-state index contributed by atoms with van der Waals surface area (Å²) in [5.41, 5.74) is -2.47. The highest BCUT2D eigenvalue weighted by molar-refractivity contribution is 5.61. The van der Waals surface area contributed by atoms with E-state index in [-0.39, 0.29) is 13.0 Å². The number of nitrogens with zero attached hydrogens (tertiary/aromatic N) is 2. The molecule has 0 radical (unpaired) electrons. The predicted octanol–water partition coefficient (Wildman–Crippen LogP) is 1.65. The molecule has 0 aliphatic carbocycles. The van der Waals surface area contributed by atoms with E-state index in [4.69, 9.17) is 5.26 Å². The molecule has 0 aromatic carbocycles. The quantitative estimate of drug-likeness (QED) is 0.667. The molecule has 72 valence electrons. The Hall–Kier alpha value is -1.09. The Labute approximate surface area is 72.8 Å². The molecule has 0 saturated heterocycles. The summed E-state index contributed by atoms with van der Waals surface area (Å²) in [6.07, 6.45) is -4.14. The van der Waals surface area contributed by atoms with E-state index in [1.54, 1.807) is 6.07 Å². The minimum Gasteiger partial charge on any atom is -0.340 e. The van der Waals surface area contributed by atoms with Gasteiger partial charge in [0.2, 0.25) is 0 Å². The van der Waals surface area contributed by atoms with Crippen LogP contribution in [0.15, 0.2) is 4.99 Å². The molecular weight excluding hydrogens is 185 g/mol. The zero-order valence-corrected chi connectivity index (χ0v) is 6.64. The minimum atomic E-state index is -4.54. The lowest BCUT2D eigenvalue weighted by Crippen LogP contribution is -2.43. The fourth-order valence-corrected chi connectivity index (χ4v) is 1.06. The topological polar surface area (TPSA) is 45.4 Å². The summed E-state index contributed by atoms with van der Waals surface area (Å²) in [5, 5.41) is 8.18. The van der Waals surface area contributed by atoms with E-state index in [1.807, 2.05) is 0 Å². The molecule has 0 saturated carbocycles. The normalized spacial score (nSPS) is 27.5. The predicted molar refractivity (Wildman–Crippen MR) is 38.1 cm³/mol. The van der Waals surface area contributed by atoms with Crippen LogP contribution in [0.2, 0.25) is 0 Å². The number of halogens is 3. The summed E-state index contributed by atoms with van der Waals surface area (Å²) in [7, 11) is 0. The Kier molecular flexibility index (Phi) is 2.57. The molecule has 0 N–H and O–H groups in total. The van der Waals surface area contributed by atoms with Crippen molar-refractivity contribution in [3.05, 3.63) is 0 Å². The largest absolute Gasteiger partial charge is 0.438 e. The fraction of sp³-hybridized carbons (Fsp3) is 0.714. The third kappa shape index (κ3) is 1.80. The van der Waals surface area contributed by atoms with Gasteiger partial charge in [0.25, 0.3) is 5.72 Å². The Morgan fingerprint density at radius 3 is 2.69 bits per heavy atom. The van der Waals surface area contributed by atoms with Crippen LogP contribution >= 0.6 is 0 Å². The molecule has 0 spiro atoms. The monoisotopic (exact) mass is 192 g/mol. The zero-order valence-electron chi connectivity index (χ0n) is 6.64. The van der Waals surface area contributed by atoms with Crippen LogP contribution in [0.1, 0.15) is 12.8 Å². The SMILES string of the molecule is N#CCCC1(C(F)(F)F)N=CCO1. The first-order valence-corrected chi connectivity index (χ1v) is 3.63. The molecule has 1 heterocycles. The average molecular weight is 192 g/mol. The van der Waals surface area contributed by atoms with Crippen molar-refractivity contribution in [2.75, 3.05) is 6.61 Å². The molecule has 1 atom stereocenters. The first-order chi connectivity index (χ1) is 6.02. The summed E-state index contributed by atoms with van der Waals surface area (Å²) in [5.74, 6) is 0. The molecule has 13 heavy (non-hydrogen) atoms. The maximum Gasteiger partial charge on any atom is 0.438 e. The second-order valence-corrected chi connectivity index (χ2v) is 2.56. The first-order valence-electron chi connectivity index (χ1n) is 3.63. The second-order valence-electron chi connectivity index (χ2n) is 2.56. The Bertz CT molecular complexity index is 255. The molecule has 1 unspecified atom stereocenters. The number of hydrogen-bond acceptors (Lipinski definition) is 3. The van der Waals surface area contributed by atoms with Crippen LogP contribution < -0.4 is 0 Å². The van der Waals surface area contributed by atoms with Gasteiger partial charge in [-0.1, -0.05) is 0 Å². The van der Waals surface area contributed by atoms with Gasteiger partial charge >= 0.3 is 6.18 Å². The van der Waals surface area contributed by atoms with E-state index in [9.17, 15) is 13.2 Å². The molecule has 6 heteroatoms. The van der Waals surface area contributed by atoms with E-state index in [0.29, 0.717) is 0 Å². The number of aliphatic imine (C=N–C) groups is 1. The summed E-state index contributed by atoms with van der Waals surface area (Å²) >= 11 is 0. The standard InChI is InChI=1S/C7H7F3N2O/c8-7(9,10)6(2-1-3-11)12-4-5-13-6/h4H,1-2,5H2. The third-order valence-corrected chi connectivity index (χ3v) is 1.72. The second kappa shape index (κ2) is 3.34. The molecule has 1 rings (SSSR count). The number of rotatable bonds is 2. The molecule has 3 nitrogen and oxygen atoms in total. The zero-order chi connectivity index (χ0) is 9.95. The summed E-state index contributed by atoms with van der Waals surface area (Å²) in [4.78, 5) is 3.25. The van der Waals surface area contributed by atoms with Gasteiger partial charge < -0.3 is 4.74 Å². The van der Waals surface area contributed by atoms with Crippen LogP contribution in [-0.2, 0) is 4.74 Å². The van der Waals surface area contributed by atoms with Crippen molar-refractivity contribution in [3.63, 3.8) is 0 Å². The van der Waals surface area contributed by atoms with Gasteiger partial charge in [-0.05, 0) is 0 Å². The average Bonchev–Trinajstić information content (AvgIpc) is 2.48. The van der Waals surface area contributed by atoms with Gasteiger partial charge in [-0.3, -0.25) is 4.99 Å². The number of ether oxygens (including phenoxy) is 1. The van der Waals surface area contributed by atoms with Gasteiger partial charge in [-0.25, -0.2) is 0 Å². The lowest BCUT2D eigenvalue weighted by Gasteiger charge is -2.27. The Morgan fingerprint density at radius 1 is 1.62 bits per heavy atom. The summed E-state index contributed by atoms with van der Waals surface area (Å²) < 4.78 is 41.7. The van der Waals surface area contributed by atoms with Gasteiger partial charge in [0.05, 0.1) is 12.7 Å². The maximum absolute atomic E-state index is 12.4. The molecule has 1 aliphatic heterocycles. The number of alkyl halides is 3. The Morgan fingerprint density at radius 2 is 2.31 bits per heavy atom. The van der Waals surface area contributed by atoms with Crippen LogP contribution in [-0.4, -0.2) is 24.7 Å². The molecule has 0 bridgehead atoms. The van der Waals surface area contributed by atoms with Crippen LogP contribution in [0, 0.1) is 11.3 Å². The third-order valence-electron chi connectivity index (χ3n) is 1.72. The number of hydrogen-bond donors (Lipinski definition) is 0. The van der Waals surface area contributed by atoms with Crippen molar-refractivity contribution in [2.24, 2.45) is 4.99 Å². The molecule has 0 aromatic heterocycles. The van der Waals surface area contributed by atoms with Gasteiger partial charge in [-0.2, -0.15) is 18.4 Å². The summed E-state index contributed by atoms with van der Waals surface area (Å²) in [6.45, 7) is -0.148. The van der Waals surface area contributed by atoms with Crippen molar-refractivity contribution in [1.29, 1.82) is 5.26 Å². The van der Waals surface area contributed by atoms with Crippen molar-refractivity contribution < 1.29 is 17.9 Å². The van der Waals surface area contributed by atoms with Crippen molar-refractivity contribution in [2.45, 2.75) is 24.7 Å². The molecular formula is C7H7F3N2O. The van der Waals surface area contributed by atoms with Crippen molar-refractivity contribution in [3.8, 4) is 6.07 Å². The van der Waals surface area contributed by atoms with E-state index in [2.05, 4.69) is 9.73 Å². The van der Waals surface area contributed by atoms with Crippen LogP contribution in [0.25, 0.3) is 0 Å². The summed E-state index contributed by atoms with van der Waals surface area (Å²) in [6, 6.07) is 1.64.